The van der Waals surface area contributed by atoms with Gasteiger partial charge in [-0.25, -0.2) is 0 Å². The first kappa shape index (κ1) is 12.8. The van der Waals surface area contributed by atoms with Crippen LogP contribution in [0.3, 0.4) is 0 Å². The van der Waals surface area contributed by atoms with Crippen LogP contribution < -0.4 is 10.9 Å². The van der Waals surface area contributed by atoms with E-state index in [1.54, 1.807) is 6.21 Å². The van der Waals surface area contributed by atoms with Gasteiger partial charge in [0, 0.05) is 0 Å². The van der Waals surface area contributed by atoms with E-state index in [0.717, 1.165) is 17.1 Å². The number of nitrogens with one attached hydrogen (secondary N) is 2. The summed E-state index contributed by atoms with van der Waals surface area (Å²) < 4.78 is 0. The minimum Gasteiger partial charge on any atom is -0.278 e. The molecule has 96 valence electrons. The third-order valence-corrected chi connectivity index (χ3v) is 2.35. The third-order valence-electron chi connectivity index (χ3n) is 2.35. The quantitative estimate of drug-likeness (QED) is 0.631. The molecule has 0 amide bonds. The van der Waals surface area contributed by atoms with Crippen molar-refractivity contribution in [3.8, 4) is 0 Å². The van der Waals surface area contributed by atoms with Gasteiger partial charge in [-0.3, -0.25) is 10.9 Å². The average Bonchev–Trinajstić information content (AvgIpc) is 2.47. The number of para-hydroxylation sites is 2. The summed E-state index contributed by atoms with van der Waals surface area (Å²) in [5.41, 5.74) is 8.58. The van der Waals surface area contributed by atoms with Gasteiger partial charge in [0.15, 0.2) is 0 Å². The van der Waals surface area contributed by atoms with E-state index < -0.39 is 0 Å². The average molecular weight is 252 g/mol. The highest BCUT2D eigenvalue weighted by atomic mass is 15.3. The van der Waals surface area contributed by atoms with Gasteiger partial charge in [-0.2, -0.15) is 10.2 Å². The van der Waals surface area contributed by atoms with Crippen molar-refractivity contribution in [2.75, 3.05) is 10.9 Å². The molecule has 2 aromatic carbocycles. The molecule has 0 atom stereocenters. The van der Waals surface area contributed by atoms with Crippen molar-refractivity contribution < 1.29 is 0 Å². The molecule has 0 heterocycles. The smallest absolute Gasteiger partial charge is 0.0776 e. The standard InChI is InChI=1S/C15H16N4/c1-13(17-19-15-10-6-3-7-11-15)12-16-18-14-8-4-2-5-9-14/h2-12,18-19H,1H3/b16-12+,17-13+. The molecule has 2 aromatic rings. The van der Waals surface area contributed by atoms with E-state index >= 15 is 0 Å². The molecule has 0 aliphatic rings. The van der Waals surface area contributed by atoms with Gasteiger partial charge in [0.1, 0.15) is 0 Å². The fourth-order valence-electron chi connectivity index (χ4n) is 1.41. The molecule has 0 unspecified atom stereocenters. The summed E-state index contributed by atoms with van der Waals surface area (Å²) in [4.78, 5) is 0. The van der Waals surface area contributed by atoms with Crippen LogP contribution in [0.1, 0.15) is 6.92 Å². The summed E-state index contributed by atoms with van der Waals surface area (Å²) >= 11 is 0. The van der Waals surface area contributed by atoms with Gasteiger partial charge in [0.2, 0.25) is 0 Å². The van der Waals surface area contributed by atoms with Crippen molar-refractivity contribution in [1.82, 2.24) is 0 Å². The van der Waals surface area contributed by atoms with Gasteiger partial charge >= 0.3 is 0 Å². The largest absolute Gasteiger partial charge is 0.278 e. The molecule has 2 rings (SSSR count). The highest BCUT2D eigenvalue weighted by Gasteiger charge is 1.88. The normalized spacial score (nSPS) is 11.5. The second-order valence-electron chi connectivity index (χ2n) is 3.97. The summed E-state index contributed by atoms with van der Waals surface area (Å²) in [6, 6.07) is 19.6. The van der Waals surface area contributed by atoms with Crippen LogP contribution in [0.15, 0.2) is 70.9 Å². The lowest BCUT2D eigenvalue weighted by molar-refractivity contribution is 1.32. The van der Waals surface area contributed by atoms with Gasteiger partial charge < -0.3 is 0 Å². The lowest BCUT2D eigenvalue weighted by Gasteiger charge is -2.00. The number of benzene rings is 2. The molecule has 0 bridgehead atoms. The summed E-state index contributed by atoms with van der Waals surface area (Å²) in [6.07, 6.45) is 1.67. The molecule has 2 N–H and O–H groups in total. The minimum absolute atomic E-state index is 0.785. The number of hydrazone groups is 2. The third kappa shape index (κ3) is 4.63. The molecule has 19 heavy (non-hydrogen) atoms. The first-order valence-electron chi connectivity index (χ1n) is 6.04. The Hall–Kier alpha value is -2.62. The van der Waals surface area contributed by atoms with Gasteiger partial charge in [-0.1, -0.05) is 36.4 Å². The summed E-state index contributed by atoms with van der Waals surface area (Å²) in [7, 11) is 0. The molecule has 0 spiro atoms. The molecular weight excluding hydrogens is 236 g/mol. The second kappa shape index (κ2) is 6.96. The van der Waals surface area contributed by atoms with Crippen LogP contribution in [0.4, 0.5) is 11.4 Å². The maximum Gasteiger partial charge on any atom is 0.0776 e. The van der Waals surface area contributed by atoms with Gasteiger partial charge in [-0.05, 0) is 31.2 Å². The Morgan fingerprint density at radius 2 is 1.37 bits per heavy atom. The fourth-order valence-corrected chi connectivity index (χ4v) is 1.41. The molecule has 4 nitrogen and oxygen atoms in total. The van der Waals surface area contributed by atoms with Crippen molar-refractivity contribution >= 4 is 23.3 Å². The minimum atomic E-state index is 0.785. The Morgan fingerprint density at radius 1 is 0.842 bits per heavy atom. The van der Waals surface area contributed by atoms with Crippen molar-refractivity contribution in [3.63, 3.8) is 0 Å². The van der Waals surface area contributed by atoms with E-state index in [4.69, 9.17) is 0 Å². The van der Waals surface area contributed by atoms with Gasteiger partial charge in [-0.15, -0.1) is 0 Å². The number of rotatable bonds is 5. The van der Waals surface area contributed by atoms with E-state index in [2.05, 4.69) is 21.1 Å². The van der Waals surface area contributed by atoms with Crippen LogP contribution >= 0.6 is 0 Å². The zero-order valence-electron chi connectivity index (χ0n) is 10.7. The lowest BCUT2D eigenvalue weighted by Crippen LogP contribution is -2.00. The van der Waals surface area contributed by atoms with E-state index in [9.17, 15) is 0 Å². The van der Waals surface area contributed by atoms with Crippen molar-refractivity contribution in [3.05, 3.63) is 60.7 Å². The summed E-state index contributed by atoms with van der Waals surface area (Å²) in [5.74, 6) is 0. The molecule has 0 aromatic heterocycles. The van der Waals surface area contributed by atoms with Crippen LogP contribution in [-0.2, 0) is 0 Å². The number of hydrogen-bond acceptors (Lipinski definition) is 4. The maximum absolute atomic E-state index is 4.20. The maximum atomic E-state index is 4.20. The number of hydrogen-bond donors (Lipinski definition) is 2. The zero-order chi connectivity index (χ0) is 13.3. The Bertz CT molecular complexity index is 547. The van der Waals surface area contributed by atoms with E-state index in [-0.39, 0.29) is 0 Å². The second-order valence-corrected chi connectivity index (χ2v) is 3.97. The van der Waals surface area contributed by atoms with Crippen molar-refractivity contribution in [2.45, 2.75) is 6.92 Å². The topological polar surface area (TPSA) is 48.8 Å². The highest BCUT2D eigenvalue weighted by Crippen LogP contribution is 2.05. The van der Waals surface area contributed by atoms with Crippen LogP contribution in [0, 0.1) is 0 Å². The Labute approximate surface area is 112 Å². The molecule has 0 aliphatic carbocycles. The van der Waals surface area contributed by atoms with Crippen LogP contribution in [0.5, 0.6) is 0 Å². The van der Waals surface area contributed by atoms with Crippen LogP contribution in [0.2, 0.25) is 0 Å². The molecule has 0 radical (unpaired) electrons. The fraction of sp³-hybridized carbons (Fsp3) is 0.0667. The van der Waals surface area contributed by atoms with Crippen LogP contribution in [-0.4, -0.2) is 11.9 Å². The predicted octanol–water partition coefficient (Wildman–Crippen LogP) is 3.57. The van der Waals surface area contributed by atoms with Gasteiger partial charge in [0.05, 0.1) is 23.3 Å². The van der Waals surface area contributed by atoms with Crippen molar-refractivity contribution in [2.24, 2.45) is 10.2 Å². The Kier molecular flexibility index (Phi) is 4.70. The Balaban J connectivity index is 1.85. The first-order chi connectivity index (χ1) is 9.34. The highest BCUT2D eigenvalue weighted by molar-refractivity contribution is 6.29. The molecule has 0 aliphatic heterocycles. The van der Waals surface area contributed by atoms with Gasteiger partial charge in [0.25, 0.3) is 0 Å². The van der Waals surface area contributed by atoms with E-state index in [1.807, 2.05) is 67.6 Å². The van der Waals surface area contributed by atoms with Crippen molar-refractivity contribution in [1.29, 1.82) is 0 Å². The molecule has 0 fully saturated rings. The SMILES string of the molecule is CC(/C=N/Nc1ccccc1)=N\Nc1ccccc1. The van der Waals surface area contributed by atoms with Crippen LogP contribution in [0.25, 0.3) is 0 Å². The molecular formula is C15H16N4. The molecule has 0 saturated carbocycles. The zero-order valence-corrected chi connectivity index (χ0v) is 10.7. The van der Waals surface area contributed by atoms with E-state index in [0.29, 0.717) is 0 Å². The van der Waals surface area contributed by atoms with E-state index in [1.165, 1.54) is 0 Å². The lowest BCUT2D eigenvalue weighted by atomic mass is 10.3. The first-order valence-corrected chi connectivity index (χ1v) is 6.04. The summed E-state index contributed by atoms with van der Waals surface area (Å²) in [5, 5.41) is 8.31. The predicted molar refractivity (Wildman–Crippen MR) is 81.7 cm³/mol. The summed E-state index contributed by atoms with van der Waals surface area (Å²) in [6.45, 7) is 1.88. The molecule has 4 heteroatoms. The Morgan fingerprint density at radius 3 is 1.95 bits per heavy atom. The monoisotopic (exact) mass is 252 g/mol. The molecule has 0 saturated heterocycles. The number of anilines is 2. The number of nitrogens with zero attached hydrogens (tertiary/aromatic N) is 2.